The van der Waals surface area contributed by atoms with Crippen LogP contribution in [0.3, 0.4) is 0 Å². The summed E-state index contributed by atoms with van der Waals surface area (Å²) in [5, 5.41) is 37.5. The summed E-state index contributed by atoms with van der Waals surface area (Å²) in [5.74, 6) is 0. The van der Waals surface area contributed by atoms with Crippen molar-refractivity contribution in [3.63, 3.8) is 0 Å². The van der Waals surface area contributed by atoms with Crippen LogP contribution in [0.15, 0.2) is 288 Å². The smallest absolute Gasteiger partial charge is 0.410 e. The van der Waals surface area contributed by atoms with Gasteiger partial charge in [0.2, 0.25) is 0 Å². The fourth-order valence-electron chi connectivity index (χ4n) is 12.4. The molecule has 31 heteroatoms. The summed E-state index contributed by atoms with van der Waals surface area (Å²) in [5.41, 5.74) is 12.1. The topological polar surface area (TPSA) is 372 Å². The number of aliphatic hydroxyl groups is 4. The molecule has 7 aromatic rings. The summed E-state index contributed by atoms with van der Waals surface area (Å²) in [6.45, 7) is 30.9. The van der Waals surface area contributed by atoms with Gasteiger partial charge in [-0.15, -0.1) is 32.9 Å². The Morgan fingerprint density at radius 1 is 0.448 bits per heavy atom. The van der Waals surface area contributed by atoms with Crippen LogP contribution in [0.2, 0.25) is 0 Å². The van der Waals surface area contributed by atoms with E-state index in [4.69, 9.17) is 78.2 Å². The molecule has 4 amide bonds. The summed E-state index contributed by atoms with van der Waals surface area (Å²) in [4.78, 5) is 67.2. The van der Waals surface area contributed by atoms with Crippen molar-refractivity contribution in [1.29, 1.82) is 0 Å². The van der Waals surface area contributed by atoms with E-state index >= 15 is 0 Å². The van der Waals surface area contributed by atoms with E-state index in [1.807, 2.05) is 200 Å². The van der Waals surface area contributed by atoms with Gasteiger partial charge in [0.05, 0.1) is 36.6 Å². The molecule has 6 atom stereocenters. The average molecular weight is 1970 g/mol. The van der Waals surface area contributed by atoms with Gasteiger partial charge in [0.15, 0.2) is 0 Å². The van der Waals surface area contributed by atoms with Gasteiger partial charge in [-0.05, 0) is 136 Å². The van der Waals surface area contributed by atoms with Gasteiger partial charge in [0, 0.05) is 124 Å². The number of carbonyl (C=O) groups is 5. The van der Waals surface area contributed by atoms with Crippen LogP contribution in [-0.4, -0.2) is 241 Å². The van der Waals surface area contributed by atoms with Crippen molar-refractivity contribution >= 4 is 67.7 Å². The summed E-state index contributed by atoms with van der Waals surface area (Å²) < 4.78 is 73.1. The largest absolute Gasteiger partial charge is 0.449 e. The van der Waals surface area contributed by atoms with Crippen molar-refractivity contribution in [1.82, 2.24) is 29.8 Å². The zero-order valence-electron chi connectivity index (χ0n) is 77.9. The molecule has 0 aliphatic carbocycles. The molecule has 134 heavy (non-hydrogen) atoms. The van der Waals surface area contributed by atoms with Gasteiger partial charge < -0.3 is 89.0 Å². The number of amides is 4. The van der Waals surface area contributed by atoms with Crippen LogP contribution in [0.1, 0.15) is 130 Å². The molecule has 28 nitrogen and oxygen atoms in total. The first kappa shape index (κ1) is 124. The second-order valence-electron chi connectivity index (χ2n) is 29.5. The lowest BCUT2D eigenvalue weighted by Crippen LogP contribution is -2.33. The lowest BCUT2D eigenvalue weighted by Gasteiger charge is -2.21. The summed E-state index contributed by atoms with van der Waals surface area (Å²) in [7, 11) is 0.566. The number of carbonyl (C=O) groups excluding carboxylic acids is 5. The first-order chi connectivity index (χ1) is 64.5. The molecule has 9 N–H and O–H groups in total. The molecule has 2 unspecified atom stereocenters. The molecule has 4 fully saturated rings. The molecular weight excluding hydrogens is 1820 g/mol. The van der Waals surface area contributed by atoms with Gasteiger partial charge >= 0.3 is 40.2 Å². The molecule has 0 bridgehead atoms. The SMILES string of the molecule is C.C=CCCBr.C=CCCN(CCC=C)C(=O)OCc1ccccc1.C=CCCN(CCC=C)Cc1ccccc1.CO.CO.CO[C@H]1CCN(C(=O)OCc2ccccc2)CC[C@@H]1O.CO[C@H]1CCNCC[C@@H]1O.NCc1ccccc1.O=C(Cl)OCc1ccccc1.O=C(OCc1ccccc1)N1CCC2OC2CC1.O=C(OCc1ccccc1)N1CCC=CCC1.O=S(=O)(O)O. The van der Waals surface area contributed by atoms with E-state index < -0.39 is 21.9 Å². The number of nitrogens with two attached hydrogens (primary N) is 1. The highest BCUT2D eigenvalue weighted by Crippen LogP contribution is 2.31. The third-order valence-electron chi connectivity index (χ3n) is 19.6. The van der Waals surface area contributed by atoms with Crippen molar-refractivity contribution in [3.05, 3.63) is 327 Å². The minimum atomic E-state index is -4.67. The van der Waals surface area contributed by atoms with Crippen LogP contribution in [-0.2, 0) is 94.4 Å². The number of nitrogens with zero attached hydrogens (tertiary/aromatic N) is 5. The molecule has 7 aromatic carbocycles. The van der Waals surface area contributed by atoms with Crippen molar-refractivity contribution in [3.8, 4) is 0 Å². The number of hydrogen-bond donors (Lipinski definition) is 8. The quantitative estimate of drug-likeness (QED) is 0.00539. The first-order valence-corrected chi connectivity index (χ1v) is 47.2. The number of benzene rings is 7. The van der Waals surface area contributed by atoms with Gasteiger partial charge in [-0.2, -0.15) is 8.42 Å². The molecule has 5 aliphatic rings. The van der Waals surface area contributed by atoms with E-state index in [1.165, 1.54) is 11.1 Å². The number of hydrogen-bond acceptors (Lipinski definition) is 22. The van der Waals surface area contributed by atoms with E-state index in [-0.39, 0.29) is 63.3 Å². The highest BCUT2D eigenvalue weighted by atomic mass is 79.9. The maximum Gasteiger partial charge on any atom is 0.410 e. The zero-order valence-corrected chi connectivity index (χ0v) is 81.0. The van der Waals surface area contributed by atoms with Crippen molar-refractivity contribution in [2.75, 3.05) is 112 Å². The standard InChI is InChI=1S/C16H21NO2.C15H21NO4.C15H21N.C14H17NO3.C14H17NO2.C8H7ClO2.C7H15NO2.C7H9N.C4H7Br.2CH4O.CH4.H2O4S/c1-3-5-12-17(13-6-4-2)16(18)19-14-15-10-8-7-9-11-15;1-19-14-8-10-16(9-7-13(14)17)15(18)20-11-12-5-3-2-4-6-12;1-3-5-12-16(13-6-4-2)14-15-10-8-7-9-11-15;16-14(17-10-11-4-2-1-3-5-11)15-8-6-12-13(18-12)7-9-15;16-14(15-10-6-1-2-7-11-15)17-12-13-8-4-3-5-9-13;9-8(10)11-6-7-4-2-1-3-5-7;1-10-7-3-5-8-4-2-6(7)9;8-6-7-4-2-1-3-5-7;1-2-3-4-5;2*1-2;;1-5(2,3)4/h3-4,7-11H,1-2,5-6,12-14H2;2-6,13-14,17H,7-11H2,1H3;3-4,7-11H,1-2,5-6,12-14H2;1-5,12-13H,6-10H2;1-5,8-9H,6-7,10-12H2;1-5H,6H2;6-9H,2-5H2,1H3;1-5H,6,8H2;2H,1,3-4H2;2*2H,1H3;1H4;(H2,1,2,3,4)/t;13-,14-;;;;;6-,7-;;;;;;/m.0....0....../s1. The fraction of sp³-hybridized carbons (Fsp3) is 0.427. The lowest BCUT2D eigenvalue weighted by molar-refractivity contribution is -0.0122. The lowest BCUT2D eigenvalue weighted by atomic mass is 10.1. The van der Waals surface area contributed by atoms with Gasteiger partial charge in [-0.1, -0.05) is 278 Å². The number of methoxy groups -OCH3 is 2. The Labute approximate surface area is 810 Å². The molecule has 0 aromatic heterocycles. The van der Waals surface area contributed by atoms with Crippen LogP contribution < -0.4 is 11.1 Å². The predicted octanol–water partition coefficient (Wildman–Crippen LogP) is 19.0. The third kappa shape index (κ3) is 64.6. The van der Waals surface area contributed by atoms with Crippen LogP contribution >= 0.6 is 27.5 Å². The van der Waals surface area contributed by atoms with Crippen molar-refractivity contribution in [2.45, 2.75) is 174 Å². The number of aliphatic hydroxyl groups excluding tert-OH is 4. The molecule has 12 rings (SSSR count). The number of allylic oxidation sites excluding steroid dienone is 1. The maximum atomic E-state index is 12.0. The number of epoxide rings is 1. The van der Waals surface area contributed by atoms with Crippen LogP contribution in [0.4, 0.5) is 24.0 Å². The molecule has 5 aliphatic heterocycles. The average Bonchev–Trinajstić information content (AvgIpc) is 1.67. The minimum Gasteiger partial charge on any atom is -0.449 e. The number of alkyl halides is 1. The number of ether oxygens (including phenoxy) is 8. The molecule has 0 spiro atoms. The number of rotatable bonds is 29. The summed E-state index contributed by atoms with van der Waals surface area (Å²) in [6.07, 6.45) is 23.7. The maximum absolute atomic E-state index is 12.0. The Kier molecular flexibility index (Phi) is 76.0. The highest BCUT2D eigenvalue weighted by molar-refractivity contribution is 9.09. The Balaban J connectivity index is 0.00000149. The van der Waals surface area contributed by atoms with E-state index in [0.717, 1.165) is 177 Å². The van der Waals surface area contributed by atoms with Crippen molar-refractivity contribution in [2.24, 2.45) is 5.73 Å². The number of likely N-dealkylation sites (tertiary alicyclic amines) is 2. The normalized spacial score (nSPS) is 16.3. The van der Waals surface area contributed by atoms with Crippen LogP contribution in [0, 0.1) is 0 Å². The van der Waals surface area contributed by atoms with Crippen molar-refractivity contribution < 1.29 is 99.8 Å². The number of nitrogens with one attached hydrogen (secondary N) is 1. The monoisotopic (exact) mass is 1970 g/mol. The third-order valence-corrected chi connectivity index (χ3v) is 20.2. The first-order valence-electron chi connectivity index (χ1n) is 44.3. The Bertz CT molecular complexity index is 4220. The molecule has 0 saturated carbocycles. The molecule has 4 saturated heterocycles. The fourth-order valence-corrected chi connectivity index (χ4v) is 12.8. The van der Waals surface area contributed by atoms with Gasteiger partial charge in [-0.3, -0.25) is 14.0 Å². The Morgan fingerprint density at radius 3 is 1.07 bits per heavy atom. The Hall–Kier alpha value is -10.2. The van der Waals surface area contributed by atoms with E-state index in [2.05, 4.69) is 106 Å². The van der Waals surface area contributed by atoms with E-state index in [1.54, 1.807) is 46.0 Å². The molecule has 0 radical (unpaired) electrons. The predicted molar refractivity (Wildman–Crippen MR) is 538 cm³/mol. The zero-order chi connectivity index (χ0) is 98.2. The second-order valence-corrected chi connectivity index (χ2v) is 31.5. The summed E-state index contributed by atoms with van der Waals surface area (Å²) in [6, 6.07) is 68.7. The van der Waals surface area contributed by atoms with Gasteiger partial charge in [0.25, 0.3) is 0 Å². The molecule has 5 heterocycles. The van der Waals surface area contributed by atoms with Crippen LogP contribution in [0.5, 0.6) is 0 Å². The summed E-state index contributed by atoms with van der Waals surface area (Å²) >= 11 is 8.20. The minimum absolute atomic E-state index is 0. The van der Waals surface area contributed by atoms with E-state index in [9.17, 15) is 34.2 Å². The number of fused-ring (bicyclic) bond motifs is 1. The highest BCUT2D eigenvalue weighted by Gasteiger charge is 2.41. The molecule has 742 valence electrons. The molecular formula is C103H149BrClN7O21S. The van der Waals surface area contributed by atoms with Gasteiger partial charge in [0.1, 0.15) is 33.0 Å². The number of halogens is 2. The second kappa shape index (κ2) is 82.3. The van der Waals surface area contributed by atoms with E-state index in [0.29, 0.717) is 77.6 Å². The Morgan fingerprint density at radius 2 is 0.746 bits per heavy atom. The van der Waals surface area contributed by atoms with Gasteiger partial charge in [-0.25, -0.2) is 24.0 Å². The van der Waals surface area contributed by atoms with Crippen LogP contribution in [0.25, 0.3) is 0 Å².